The molecule has 0 atom stereocenters. The first-order valence-corrected chi connectivity index (χ1v) is 18.3. The molecule has 0 saturated heterocycles. The zero-order chi connectivity index (χ0) is 18.5. The normalized spacial score (nSPS) is 14.5. The molecule has 134 valence electrons. The summed E-state index contributed by atoms with van der Waals surface area (Å²) < 4.78 is 17.5. The third-order valence-electron chi connectivity index (χ3n) is 2.13. The van der Waals surface area contributed by atoms with Crippen molar-refractivity contribution in [1.29, 1.82) is 0 Å². The molecule has 0 unspecified atom stereocenters. The van der Waals surface area contributed by atoms with Crippen molar-refractivity contribution in [3.8, 4) is 0 Å². The van der Waals surface area contributed by atoms with E-state index in [1.807, 2.05) is 32.6 Å². The van der Waals surface area contributed by atoms with E-state index >= 15 is 0 Å². The summed E-state index contributed by atoms with van der Waals surface area (Å²) in [6.45, 7) is 20.7. The van der Waals surface area contributed by atoms with Crippen molar-refractivity contribution < 1.29 is 18.1 Å². The lowest BCUT2D eigenvalue weighted by Gasteiger charge is -2.23. The molecule has 0 amide bonds. The lowest BCUT2D eigenvalue weighted by Crippen LogP contribution is -2.29. The third kappa shape index (κ3) is 14.5. The second kappa shape index (κ2) is 8.34. The van der Waals surface area contributed by atoms with Gasteiger partial charge in [-0.05, 0) is 71.9 Å². The summed E-state index contributed by atoms with van der Waals surface area (Å²) in [5, 5.41) is 0. The molecule has 0 aliphatic carbocycles. The van der Waals surface area contributed by atoms with E-state index in [-0.39, 0.29) is 12.4 Å². The molecule has 0 aromatic heterocycles. The minimum Gasteiger partial charge on any atom is -0.547 e. The van der Waals surface area contributed by atoms with Crippen molar-refractivity contribution in [1.82, 2.24) is 0 Å². The van der Waals surface area contributed by atoms with Gasteiger partial charge in [0.05, 0.1) is 12.2 Å². The summed E-state index contributed by atoms with van der Waals surface area (Å²) >= 11 is 0. The van der Waals surface area contributed by atoms with Gasteiger partial charge in [0.25, 0.3) is 5.97 Å². The molecule has 4 nitrogen and oxygen atoms in total. The van der Waals surface area contributed by atoms with Gasteiger partial charge in [-0.1, -0.05) is 0 Å². The summed E-state index contributed by atoms with van der Waals surface area (Å²) in [5.41, 5.74) is 0. The van der Waals surface area contributed by atoms with Crippen LogP contribution in [-0.4, -0.2) is 30.9 Å². The molecule has 0 N–H and O–H groups in total. The molecule has 0 saturated carbocycles. The molecule has 0 rings (SSSR count). The van der Waals surface area contributed by atoms with Gasteiger partial charge in [-0.3, -0.25) is 4.79 Å². The molecule has 0 heterocycles. The number of hydrogen-bond donors (Lipinski definition) is 0. The molecule has 0 bridgehead atoms. The van der Waals surface area contributed by atoms with Gasteiger partial charge in [0.1, 0.15) is 5.76 Å². The molecule has 0 aromatic carbocycles. The van der Waals surface area contributed by atoms with Crippen LogP contribution in [0.3, 0.4) is 0 Å². The van der Waals surface area contributed by atoms with Crippen molar-refractivity contribution in [3.05, 3.63) is 23.7 Å². The van der Waals surface area contributed by atoms with Gasteiger partial charge in [-0.25, -0.2) is 0 Å². The fraction of sp³-hybridized carbons (Fsp3) is 0.688. The standard InChI is InChI=1S/C16H34O4Si3/c1-14(18-21(2,3)4)13-15(19-22(5,6)7)11-12-16(17)20-23(8,9)10/h11,13H,12H2,1-10H3/b14-13-,15-11-. The average Bonchev–Trinajstić information content (AvgIpc) is 2.18. The highest BCUT2D eigenvalue weighted by Crippen LogP contribution is 2.17. The van der Waals surface area contributed by atoms with Crippen LogP contribution in [0.1, 0.15) is 13.3 Å². The van der Waals surface area contributed by atoms with Crippen LogP contribution < -0.4 is 0 Å². The fourth-order valence-corrected chi connectivity index (χ4v) is 4.40. The molecular formula is C16H34O4Si3. The van der Waals surface area contributed by atoms with E-state index in [0.29, 0.717) is 5.76 Å². The number of hydrogen-bond acceptors (Lipinski definition) is 4. The molecular weight excluding hydrogens is 340 g/mol. The van der Waals surface area contributed by atoms with Crippen LogP contribution in [-0.2, 0) is 18.1 Å². The molecule has 0 spiro atoms. The van der Waals surface area contributed by atoms with E-state index in [1.54, 1.807) is 6.08 Å². The van der Waals surface area contributed by atoms with E-state index in [0.717, 1.165) is 5.76 Å². The van der Waals surface area contributed by atoms with Gasteiger partial charge >= 0.3 is 0 Å². The highest BCUT2D eigenvalue weighted by atomic mass is 28.4. The molecule has 0 radical (unpaired) electrons. The second-order valence-electron chi connectivity index (χ2n) is 8.58. The molecule has 0 fully saturated rings. The summed E-state index contributed by atoms with van der Waals surface area (Å²) in [5.74, 6) is 1.33. The Bertz CT molecular complexity index is 463. The van der Waals surface area contributed by atoms with Crippen LogP contribution in [0.5, 0.6) is 0 Å². The number of carbonyl (C=O) groups excluding carboxylic acids is 1. The van der Waals surface area contributed by atoms with Crippen LogP contribution >= 0.6 is 0 Å². The van der Waals surface area contributed by atoms with Gasteiger partial charge in [0.2, 0.25) is 25.0 Å². The smallest absolute Gasteiger partial charge is 0.296 e. The SMILES string of the molecule is C/C(=C/C(=C/CC(=O)O[Si](C)(C)C)O[Si](C)(C)C)O[Si](C)(C)C. The minimum absolute atomic E-state index is 0.196. The molecule has 0 aliphatic rings. The number of rotatable bonds is 8. The zero-order valence-electron chi connectivity index (χ0n) is 16.5. The Kier molecular flexibility index (Phi) is 8.05. The van der Waals surface area contributed by atoms with Crippen molar-refractivity contribution in [3.63, 3.8) is 0 Å². The van der Waals surface area contributed by atoms with Crippen molar-refractivity contribution in [2.45, 2.75) is 72.3 Å². The van der Waals surface area contributed by atoms with Crippen LogP contribution in [0.25, 0.3) is 0 Å². The van der Waals surface area contributed by atoms with Gasteiger partial charge in [-0.15, -0.1) is 0 Å². The topological polar surface area (TPSA) is 44.8 Å². The third-order valence-corrected chi connectivity index (χ3v) is 4.75. The Balaban J connectivity index is 5.12. The van der Waals surface area contributed by atoms with Crippen molar-refractivity contribution >= 4 is 30.9 Å². The monoisotopic (exact) mass is 374 g/mol. The van der Waals surface area contributed by atoms with Crippen LogP contribution in [0.4, 0.5) is 0 Å². The van der Waals surface area contributed by atoms with Gasteiger partial charge in [-0.2, -0.15) is 0 Å². The average molecular weight is 375 g/mol. The van der Waals surface area contributed by atoms with Crippen LogP contribution in [0.2, 0.25) is 58.9 Å². The van der Waals surface area contributed by atoms with Crippen molar-refractivity contribution in [2.75, 3.05) is 0 Å². The Morgan fingerprint density at radius 3 is 1.61 bits per heavy atom. The largest absolute Gasteiger partial charge is 0.547 e. The van der Waals surface area contributed by atoms with Crippen LogP contribution in [0, 0.1) is 0 Å². The molecule has 0 aliphatic heterocycles. The van der Waals surface area contributed by atoms with E-state index in [2.05, 4.69) is 39.3 Å². The Labute approximate surface area is 145 Å². The zero-order valence-corrected chi connectivity index (χ0v) is 19.5. The fourth-order valence-electron chi connectivity index (χ4n) is 1.76. The maximum absolute atomic E-state index is 11.9. The first kappa shape index (κ1) is 22.2. The Morgan fingerprint density at radius 1 is 0.783 bits per heavy atom. The maximum Gasteiger partial charge on any atom is 0.296 e. The highest BCUT2D eigenvalue weighted by Gasteiger charge is 2.21. The number of carbonyl (C=O) groups is 1. The van der Waals surface area contributed by atoms with E-state index in [1.165, 1.54) is 0 Å². The summed E-state index contributed by atoms with van der Waals surface area (Å²) in [6, 6.07) is 0. The molecule has 7 heteroatoms. The van der Waals surface area contributed by atoms with Crippen molar-refractivity contribution in [2.24, 2.45) is 0 Å². The summed E-state index contributed by atoms with van der Waals surface area (Å²) in [7, 11) is -5.26. The highest BCUT2D eigenvalue weighted by molar-refractivity contribution is 6.71. The molecule has 23 heavy (non-hydrogen) atoms. The van der Waals surface area contributed by atoms with Gasteiger partial charge in [0.15, 0.2) is 0 Å². The lowest BCUT2D eigenvalue weighted by atomic mass is 10.3. The summed E-state index contributed by atoms with van der Waals surface area (Å²) in [6.07, 6.45) is 3.91. The number of allylic oxidation sites excluding steroid dienone is 2. The van der Waals surface area contributed by atoms with E-state index in [9.17, 15) is 4.79 Å². The Hall–Kier alpha value is -0.799. The molecule has 0 aromatic rings. The van der Waals surface area contributed by atoms with E-state index in [4.69, 9.17) is 13.3 Å². The minimum atomic E-state index is -1.85. The lowest BCUT2D eigenvalue weighted by molar-refractivity contribution is -0.134. The quantitative estimate of drug-likeness (QED) is 0.331. The first-order chi connectivity index (χ1) is 10.1. The van der Waals surface area contributed by atoms with E-state index < -0.39 is 25.0 Å². The predicted molar refractivity (Wildman–Crippen MR) is 105 cm³/mol. The second-order valence-corrected chi connectivity index (χ2v) is 21.9. The first-order valence-electron chi connectivity index (χ1n) is 8.06. The van der Waals surface area contributed by atoms with Gasteiger partial charge in [0, 0.05) is 6.08 Å². The maximum atomic E-state index is 11.9. The summed E-state index contributed by atoms with van der Waals surface area (Å²) in [4.78, 5) is 11.9. The predicted octanol–water partition coefficient (Wildman–Crippen LogP) is 5.25. The van der Waals surface area contributed by atoms with Crippen LogP contribution in [0.15, 0.2) is 23.7 Å². The van der Waals surface area contributed by atoms with Gasteiger partial charge < -0.3 is 13.3 Å². The Morgan fingerprint density at radius 2 is 1.22 bits per heavy atom.